The van der Waals surface area contributed by atoms with Gasteiger partial charge in [0.25, 0.3) is 15.9 Å². The smallest absolute Gasteiger partial charge is 0.312 e. The number of carbonyl (C=O) groups excluding carboxylic acids is 1. The van der Waals surface area contributed by atoms with Gasteiger partial charge in [0, 0.05) is 85.9 Å². The standard InChI is InChI=1S/C46H50ClN5O8S/c1-46(2)18-14-33(39(28-46)32-6-8-34(47)9-7-32)29-50-20-22-51(23-21-50)35-10-12-38(44(26-35)60-42-5-3-4-40-37(42)15-19-48-40)45(53)49-61(56,57)36-11-13-43(41(27-36)52(54)55)59-30-31-16-24-58-25-17-31/h3-13,15,19,26-27,31,48H,14,16-18,20-25,28-30H2,1-2H3,(H,49,53). The summed E-state index contributed by atoms with van der Waals surface area (Å²) >= 11 is 6.24. The van der Waals surface area contributed by atoms with Crippen LogP contribution in [0, 0.1) is 21.4 Å². The molecule has 0 saturated carbocycles. The summed E-state index contributed by atoms with van der Waals surface area (Å²) in [5, 5.41) is 13.6. The van der Waals surface area contributed by atoms with Gasteiger partial charge in [-0.1, -0.05) is 49.2 Å². The highest BCUT2D eigenvalue weighted by Gasteiger charge is 2.31. The molecule has 0 atom stereocenters. The summed E-state index contributed by atoms with van der Waals surface area (Å²) in [6.07, 6.45) is 6.52. The fraction of sp³-hybridized carbons (Fsp3) is 0.370. The van der Waals surface area contributed by atoms with E-state index in [9.17, 15) is 23.3 Å². The maximum atomic E-state index is 14.0. The summed E-state index contributed by atoms with van der Waals surface area (Å²) in [6, 6.07) is 24.0. The number of carbonyl (C=O) groups is 1. The lowest BCUT2D eigenvalue weighted by Crippen LogP contribution is -2.47. The third-order valence-electron chi connectivity index (χ3n) is 12.0. The highest BCUT2D eigenvalue weighted by molar-refractivity contribution is 7.90. The summed E-state index contributed by atoms with van der Waals surface area (Å²) in [7, 11) is -4.57. The monoisotopic (exact) mass is 867 g/mol. The summed E-state index contributed by atoms with van der Waals surface area (Å²) in [6.45, 7) is 10.1. The molecule has 2 aliphatic heterocycles. The molecule has 8 rings (SSSR count). The van der Waals surface area contributed by atoms with Crippen LogP contribution in [0.1, 0.15) is 61.9 Å². The second-order valence-corrected chi connectivity index (χ2v) is 19.0. The first-order valence-corrected chi connectivity index (χ1v) is 22.6. The number of nitrogens with one attached hydrogen (secondary N) is 2. The highest BCUT2D eigenvalue weighted by Crippen LogP contribution is 2.44. The number of allylic oxidation sites excluding steroid dienone is 1. The van der Waals surface area contributed by atoms with Crippen LogP contribution in [0.2, 0.25) is 5.02 Å². The molecule has 2 N–H and O–H groups in total. The molecule has 3 aliphatic rings. The number of nitro groups is 1. The first-order valence-electron chi connectivity index (χ1n) is 20.7. The second-order valence-electron chi connectivity index (χ2n) is 16.9. The van der Waals surface area contributed by atoms with E-state index in [4.69, 9.17) is 25.8 Å². The van der Waals surface area contributed by atoms with Crippen LogP contribution < -0.4 is 19.1 Å². The van der Waals surface area contributed by atoms with Crippen LogP contribution in [0.3, 0.4) is 0 Å². The number of hydrogen-bond acceptors (Lipinski definition) is 10. The lowest BCUT2D eigenvalue weighted by Gasteiger charge is -2.39. The van der Waals surface area contributed by atoms with Gasteiger partial charge >= 0.3 is 5.69 Å². The first kappa shape index (κ1) is 42.3. The average molecular weight is 868 g/mol. The number of sulfonamides is 1. The molecule has 2 fully saturated rings. The Hall–Kier alpha value is -5.41. The Morgan fingerprint density at radius 3 is 2.49 bits per heavy atom. The predicted octanol–water partition coefficient (Wildman–Crippen LogP) is 9.23. The Labute approximate surface area is 360 Å². The number of aromatic nitrogens is 1. The van der Waals surface area contributed by atoms with E-state index >= 15 is 0 Å². The number of ether oxygens (including phenoxy) is 3. The number of fused-ring (bicyclic) bond motifs is 1. The molecule has 1 aliphatic carbocycles. The molecule has 5 aromatic rings. The predicted molar refractivity (Wildman–Crippen MR) is 236 cm³/mol. The molecular formula is C46H50ClN5O8S. The Bertz CT molecular complexity index is 2560. The van der Waals surface area contributed by atoms with Gasteiger partial charge in [-0.3, -0.25) is 19.8 Å². The molecular weight excluding hydrogens is 818 g/mol. The van der Waals surface area contributed by atoms with Gasteiger partial charge < -0.3 is 24.1 Å². The molecule has 0 unspecified atom stereocenters. The molecule has 0 bridgehead atoms. The molecule has 0 radical (unpaired) electrons. The zero-order valence-corrected chi connectivity index (χ0v) is 35.9. The highest BCUT2D eigenvalue weighted by atomic mass is 35.5. The largest absolute Gasteiger partial charge is 0.487 e. The van der Waals surface area contributed by atoms with E-state index in [1.807, 2.05) is 30.3 Å². The van der Waals surface area contributed by atoms with E-state index in [2.05, 4.69) is 45.5 Å². The van der Waals surface area contributed by atoms with Crippen LogP contribution in [0.4, 0.5) is 11.4 Å². The van der Waals surface area contributed by atoms with Crippen LogP contribution in [0.5, 0.6) is 17.2 Å². The van der Waals surface area contributed by atoms with Crippen molar-refractivity contribution < 1.29 is 32.3 Å². The molecule has 15 heteroatoms. The fourth-order valence-corrected chi connectivity index (χ4v) is 9.54. The van der Waals surface area contributed by atoms with Gasteiger partial charge in [-0.15, -0.1) is 0 Å². The molecule has 0 spiro atoms. The second kappa shape index (κ2) is 17.9. The molecule has 320 valence electrons. The van der Waals surface area contributed by atoms with Gasteiger partial charge in [0.15, 0.2) is 5.75 Å². The minimum absolute atomic E-state index is 0.0219. The van der Waals surface area contributed by atoms with Gasteiger partial charge in [0.1, 0.15) is 11.5 Å². The zero-order valence-electron chi connectivity index (χ0n) is 34.3. The van der Waals surface area contributed by atoms with Crippen molar-refractivity contribution in [2.75, 3.05) is 57.4 Å². The topological polar surface area (TPSA) is 156 Å². The van der Waals surface area contributed by atoms with Gasteiger partial charge in [0.05, 0.1) is 22.0 Å². The van der Waals surface area contributed by atoms with Crippen LogP contribution >= 0.6 is 11.6 Å². The molecule has 61 heavy (non-hydrogen) atoms. The van der Waals surface area contributed by atoms with Crippen LogP contribution in [-0.4, -0.2) is 81.7 Å². The molecule has 1 amide bonds. The lowest BCUT2D eigenvalue weighted by molar-refractivity contribution is -0.386. The van der Waals surface area contributed by atoms with E-state index in [1.54, 1.807) is 30.5 Å². The van der Waals surface area contributed by atoms with Crippen LogP contribution in [-0.2, 0) is 14.8 Å². The van der Waals surface area contributed by atoms with Crippen molar-refractivity contribution in [1.29, 1.82) is 0 Å². The number of anilines is 1. The Balaban J connectivity index is 1.01. The van der Waals surface area contributed by atoms with Crippen LogP contribution in [0.15, 0.2) is 102 Å². The van der Waals surface area contributed by atoms with Gasteiger partial charge in [-0.25, -0.2) is 13.1 Å². The number of nitrogens with zero attached hydrogens (tertiary/aromatic N) is 3. The molecule has 4 aromatic carbocycles. The number of rotatable bonds is 13. The third kappa shape index (κ3) is 9.88. The van der Waals surface area contributed by atoms with Crippen molar-refractivity contribution in [3.8, 4) is 17.2 Å². The van der Waals surface area contributed by atoms with Gasteiger partial charge in [-0.05, 0) is 109 Å². The van der Waals surface area contributed by atoms with Crippen molar-refractivity contribution in [1.82, 2.24) is 14.6 Å². The van der Waals surface area contributed by atoms with Gasteiger partial charge in [0.2, 0.25) is 0 Å². The van der Waals surface area contributed by atoms with E-state index in [0.717, 1.165) is 92.5 Å². The Kier molecular flexibility index (Phi) is 12.4. The lowest BCUT2D eigenvalue weighted by atomic mass is 9.72. The Morgan fingerprint density at radius 2 is 1.74 bits per heavy atom. The van der Waals surface area contributed by atoms with Crippen molar-refractivity contribution in [2.45, 2.75) is 50.8 Å². The van der Waals surface area contributed by atoms with Crippen molar-refractivity contribution in [3.63, 3.8) is 0 Å². The molecule has 3 heterocycles. The summed E-state index contributed by atoms with van der Waals surface area (Å²) in [4.78, 5) is 32.7. The third-order valence-corrected chi connectivity index (χ3v) is 13.6. The van der Waals surface area contributed by atoms with E-state index < -0.39 is 31.4 Å². The number of aromatic amines is 1. The molecule has 1 aromatic heterocycles. The summed E-state index contributed by atoms with van der Waals surface area (Å²) < 4.78 is 47.1. The van der Waals surface area contributed by atoms with Crippen molar-refractivity contribution in [2.24, 2.45) is 11.3 Å². The number of H-pyrrole nitrogens is 1. The molecule has 2 saturated heterocycles. The van der Waals surface area contributed by atoms with Crippen LogP contribution in [0.25, 0.3) is 16.5 Å². The number of hydrogen-bond donors (Lipinski definition) is 2. The van der Waals surface area contributed by atoms with E-state index in [0.29, 0.717) is 19.0 Å². The number of piperazine rings is 1. The maximum Gasteiger partial charge on any atom is 0.312 e. The normalized spacial score (nSPS) is 17.7. The minimum Gasteiger partial charge on any atom is -0.487 e. The summed E-state index contributed by atoms with van der Waals surface area (Å²) in [5.41, 5.74) is 5.46. The number of benzene rings is 4. The summed E-state index contributed by atoms with van der Waals surface area (Å²) in [5.74, 6) is -0.197. The fourth-order valence-electron chi connectivity index (χ4n) is 8.43. The molecule has 13 nitrogen and oxygen atoms in total. The number of halogens is 1. The van der Waals surface area contributed by atoms with Gasteiger partial charge in [-0.2, -0.15) is 0 Å². The maximum absolute atomic E-state index is 14.0. The number of amides is 1. The SMILES string of the molecule is CC1(C)CCC(CN2CCN(c3ccc(C(=O)NS(=O)(=O)c4ccc(OCC5CCOCC5)c([N+](=O)[O-])c4)c(Oc4cccc5[nH]ccc45)c3)CC2)=C(c2ccc(Cl)cc2)C1. The van der Waals surface area contributed by atoms with E-state index in [1.165, 1.54) is 28.8 Å². The van der Waals surface area contributed by atoms with E-state index in [-0.39, 0.29) is 35.0 Å². The Morgan fingerprint density at radius 1 is 0.967 bits per heavy atom. The van der Waals surface area contributed by atoms with Crippen molar-refractivity contribution >= 4 is 55.4 Å². The zero-order chi connectivity index (χ0) is 42.7. The number of nitro benzene ring substituents is 1. The minimum atomic E-state index is -4.57. The first-order chi connectivity index (χ1) is 29.3. The van der Waals surface area contributed by atoms with Crippen molar-refractivity contribution in [3.05, 3.63) is 123 Å². The average Bonchev–Trinajstić information content (AvgIpc) is 3.74. The quantitative estimate of drug-likeness (QED) is 0.0864.